The number of nitrogens with zero attached hydrogens (tertiary/aromatic N) is 1. The van der Waals surface area contributed by atoms with E-state index in [4.69, 9.17) is 0 Å². The first-order valence-corrected chi connectivity index (χ1v) is 6.68. The van der Waals surface area contributed by atoms with Crippen molar-refractivity contribution < 1.29 is 4.79 Å². The van der Waals surface area contributed by atoms with Gasteiger partial charge >= 0.3 is 0 Å². The lowest BCUT2D eigenvalue weighted by molar-refractivity contribution is -0.131. The molecule has 1 saturated heterocycles. The average Bonchev–Trinajstić information content (AvgIpc) is 2.94. The fourth-order valence-corrected chi connectivity index (χ4v) is 3.09. The van der Waals surface area contributed by atoms with Gasteiger partial charge in [-0.1, -0.05) is 6.07 Å². The van der Waals surface area contributed by atoms with Crippen LogP contribution in [0, 0.1) is 0 Å². The Kier molecular flexibility index (Phi) is 3.96. The highest BCUT2D eigenvalue weighted by molar-refractivity contribution is 7.10. The van der Waals surface area contributed by atoms with Crippen LogP contribution in [0.4, 0.5) is 0 Å². The molecule has 1 aromatic heterocycles. The summed E-state index contributed by atoms with van der Waals surface area (Å²) in [5.74, 6) is 0.283. The number of likely N-dealkylation sites (tertiary alicyclic amines) is 1. The summed E-state index contributed by atoms with van der Waals surface area (Å²) < 4.78 is 0. The first-order valence-electron chi connectivity index (χ1n) is 5.80. The third kappa shape index (κ3) is 2.44. The maximum absolute atomic E-state index is 12.0. The Labute approximate surface area is 100 Å². The minimum Gasteiger partial charge on any atom is -0.335 e. The zero-order valence-electron chi connectivity index (χ0n) is 9.61. The highest BCUT2D eigenvalue weighted by Gasteiger charge is 2.29. The van der Waals surface area contributed by atoms with Gasteiger partial charge in [0.2, 0.25) is 5.91 Å². The number of thiophene rings is 1. The number of rotatable bonds is 4. The third-order valence-electron chi connectivity index (χ3n) is 3.03. The predicted molar refractivity (Wildman–Crippen MR) is 66.6 cm³/mol. The van der Waals surface area contributed by atoms with Gasteiger partial charge < -0.3 is 10.2 Å². The van der Waals surface area contributed by atoms with Crippen LogP contribution in [0.3, 0.4) is 0 Å². The highest BCUT2D eigenvalue weighted by Crippen LogP contribution is 2.34. The van der Waals surface area contributed by atoms with Gasteiger partial charge in [0.25, 0.3) is 0 Å². The van der Waals surface area contributed by atoms with Gasteiger partial charge in [0.1, 0.15) is 0 Å². The molecule has 1 atom stereocenters. The van der Waals surface area contributed by atoms with Gasteiger partial charge in [-0.15, -0.1) is 11.3 Å². The number of amides is 1. The Hall–Kier alpha value is -0.870. The lowest BCUT2D eigenvalue weighted by Gasteiger charge is -2.23. The van der Waals surface area contributed by atoms with E-state index in [-0.39, 0.29) is 5.91 Å². The molecule has 0 bridgehead atoms. The SMILES string of the molecule is CNCCC(=O)N1CCCC1c1cccs1. The Morgan fingerprint density at radius 3 is 3.25 bits per heavy atom. The fraction of sp³-hybridized carbons (Fsp3) is 0.583. The quantitative estimate of drug-likeness (QED) is 0.870. The molecule has 1 aliphatic heterocycles. The van der Waals surface area contributed by atoms with E-state index < -0.39 is 0 Å². The van der Waals surface area contributed by atoms with Gasteiger partial charge in [0.05, 0.1) is 6.04 Å². The van der Waals surface area contributed by atoms with Crippen molar-refractivity contribution in [1.82, 2.24) is 10.2 Å². The molecule has 0 spiro atoms. The van der Waals surface area contributed by atoms with E-state index >= 15 is 0 Å². The Morgan fingerprint density at radius 2 is 2.56 bits per heavy atom. The zero-order valence-corrected chi connectivity index (χ0v) is 10.4. The summed E-state index contributed by atoms with van der Waals surface area (Å²) in [7, 11) is 1.88. The molecule has 1 unspecified atom stereocenters. The molecule has 2 rings (SSSR count). The Balaban J connectivity index is 2.01. The van der Waals surface area contributed by atoms with E-state index in [0.29, 0.717) is 12.5 Å². The maximum Gasteiger partial charge on any atom is 0.224 e. The standard InChI is InChI=1S/C12H18N2OS/c1-13-7-6-12(15)14-8-2-4-10(14)11-5-3-9-16-11/h3,5,9-10,13H,2,4,6-8H2,1H3. The maximum atomic E-state index is 12.0. The molecular formula is C12H18N2OS. The predicted octanol–water partition coefficient (Wildman–Crippen LogP) is 2.02. The molecule has 0 radical (unpaired) electrons. The number of nitrogens with one attached hydrogen (secondary N) is 1. The lowest BCUT2D eigenvalue weighted by Crippen LogP contribution is -2.32. The second-order valence-electron chi connectivity index (χ2n) is 4.11. The third-order valence-corrected chi connectivity index (χ3v) is 4.01. The minimum absolute atomic E-state index is 0.283. The smallest absolute Gasteiger partial charge is 0.224 e. The van der Waals surface area contributed by atoms with Crippen LogP contribution in [0.5, 0.6) is 0 Å². The van der Waals surface area contributed by atoms with Crippen LogP contribution in [0.15, 0.2) is 17.5 Å². The van der Waals surface area contributed by atoms with E-state index in [1.165, 1.54) is 4.88 Å². The first kappa shape index (κ1) is 11.6. The molecule has 1 N–H and O–H groups in total. The van der Waals surface area contributed by atoms with Crippen LogP contribution in [0.2, 0.25) is 0 Å². The van der Waals surface area contributed by atoms with E-state index in [1.54, 1.807) is 11.3 Å². The molecule has 0 saturated carbocycles. The molecule has 4 heteroatoms. The number of carbonyl (C=O) groups excluding carboxylic acids is 1. The molecule has 88 valence electrons. The van der Waals surface area contributed by atoms with Crippen LogP contribution in [-0.2, 0) is 4.79 Å². The monoisotopic (exact) mass is 238 g/mol. The average molecular weight is 238 g/mol. The lowest BCUT2D eigenvalue weighted by atomic mass is 10.2. The molecule has 1 aliphatic rings. The topological polar surface area (TPSA) is 32.3 Å². The Bertz CT molecular complexity index is 337. The van der Waals surface area contributed by atoms with Crippen molar-refractivity contribution in [3.63, 3.8) is 0 Å². The molecule has 0 aliphatic carbocycles. The van der Waals surface area contributed by atoms with Crippen molar-refractivity contribution in [3.8, 4) is 0 Å². The summed E-state index contributed by atoms with van der Waals surface area (Å²) in [6.07, 6.45) is 2.86. The van der Waals surface area contributed by atoms with Gasteiger partial charge in [0, 0.05) is 24.4 Å². The molecule has 16 heavy (non-hydrogen) atoms. The van der Waals surface area contributed by atoms with Gasteiger partial charge in [-0.05, 0) is 31.3 Å². The van der Waals surface area contributed by atoms with E-state index in [9.17, 15) is 4.79 Å². The summed E-state index contributed by atoms with van der Waals surface area (Å²) in [5, 5.41) is 5.11. The van der Waals surface area contributed by atoms with Crippen LogP contribution >= 0.6 is 11.3 Å². The second-order valence-corrected chi connectivity index (χ2v) is 5.09. The van der Waals surface area contributed by atoms with E-state index in [1.807, 2.05) is 11.9 Å². The number of carbonyl (C=O) groups is 1. The van der Waals surface area contributed by atoms with Crippen LogP contribution < -0.4 is 5.32 Å². The molecular weight excluding hydrogens is 220 g/mol. The van der Waals surface area contributed by atoms with Crippen molar-refractivity contribution in [2.75, 3.05) is 20.1 Å². The van der Waals surface area contributed by atoms with Crippen molar-refractivity contribution in [3.05, 3.63) is 22.4 Å². The molecule has 2 heterocycles. The first-order chi connectivity index (χ1) is 7.83. The molecule has 3 nitrogen and oxygen atoms in total. The zero-order chi connectivity index (χ0) is 11.4. The number of hydrogen-bond acceptors (Lipinski definition) is 3. The van der Waals surface area contributed by atoms with Gasteiger partial charge in [-0.2, -0.15) is 0 Å². The fourth-order valence-electron chi connectivity index (χ4n) is 2.22. The van der Waals surface area contributed by atoms with E-state index in [2.05, 4.69) is 22.8 Å². The summed E-state index contributed by atoms with van der Waals surface area (Å²) in [4.78, 5) is 15.4. The molecule has 1 aromatic rings. The van der Waals surface area contributed by atoms with Crippen LogP contribution in [0.1, 0.15) is 30.2 Å². The van der Waals surface area contributed by atoms with Crippen molar-refractivity contribution >= 4 is 17.2 Å². The summed E-state index contributed by atoms with van der Waals surface area (Å²) >= 11 is 1.76. The number of hydrogen-bond donors (Lipinski definition) is 1. The summed E-state index contributed by atoms with van der Waals surface area (Å²) in [6.45, 7) is 1.69. The molecule has 1 fully saturated rings. The van der Waals surface area contributed by atoms with Crippen LogP contribution in [0.25, 0.3) is 0 Å². The van der Waals surface area contributed by atoms with Gasteiger partial charge in [0.15, 0.2) is 0 Å². The minimum atomic E-state index is 0.283. The molecule has 0 aromatic carbocycles. The van der Waals surface area contributed by atoms with E-state index in [0.717, 1.165) is 25.9 Å². The van der Waals surface area contributed by atoms with Crippen molar-refractivity contribution in [2.45, 2.75) is 25.3 Å². The largest absolute Gasteiger partial charge is 0.335 e. The molecule has 1 amide bonds. The normalized spacial score (nSPS) is 20.3. The van der Waals surface area contributed by atoms with Crippen molar-refractivity contribution in [1.29, 1.82) is 0 Å². The van der Waals surface area contributed by atoms with Crippen LogP contribution in [-0.4, -0.2) is 30.9 Å². The second kappa shape index (κ2) is 5.46. The highest BCUT2D eigenvalue weighted by atomic mass is 32.1. The van der Waals surface area contributed by atoms with Gasteiger partial charge in [-0.3, -0.25) is 4.79 Å². The van der Waals surface area contributed by atoms with Crippen molar-refractivity contribution in [2.24, 2.45) is 0 Å². The Morgan fingerprint density at radius 1 is 1.69 bits per heavy atom. The summed E-state index contributed by atoms with van der Waals surface area (Å²) in [6, 6.07) is 4.54. The summed E-state index contributed by atoms with van der Waals surface area (Å²) in [5.41, 5.74) is 0. The van der Waals surface area contributed by atoms with Gasteiger partial charge in [-0.25, -0.2) is 0 Å².